The third kappa shape index (κ3) is 13.9. The van der Waals surface area contributed by atoms with Crippen LogP contribution in [-0.4, -0.2) is 87.8 Å². The number of nitrogens with one attached hydrogen (secondary N) is 3. The lowest BCUT2D eigenvalue weighted by atomic mass is 10.1. The highest BCUT2D eigenvalue weighted by Crippen LogP contribution is 2.33. The van der Waals surface area contributed by atoms with Gasteiger partial charge in [0.25, 0.3) is 0 Å². The van der Waals surface area contributed by atoms with Crippen LogP contribution in [0.15, 0.2) is 42.6 Å². The SMILES string of the molecule is CC(C)(C)OC(=O)NCCCN(CCCNC(=O)OC(C)(C)C)CCOc1ccc2sc(CNc3nncc(-c4c(Cl)cccc4Cl)n3)nc2c1. The largest absolute Gasteiger partial charge is 0.492 e. The zero-order valence-electron chi connectivity index (χ0n) is 29.8. The Morgan fingerprint density at radius 3 is 2.10 bits per heavy atom. The molecule has 4 rings (SSSR count). The molecule has 0 unspecified atom stereocenters. The van der Waals surface area contributed by atoms with E-state index in [2.05, 4.69) is 36.0 Å². The lowest BCUT2D eigenvalue weighted by molar-refractivity contribution is 0.0516. The summed E-state index contributed by atoms with van der Waals surface area (Å²) in [4.78, 5) is 35.6. The highest BCUT2D eigenvalue weighted by atomic mass is 35.5. The maximum Gasteiger partial charge on any atom is 0.407 e. The van der Waals surface area contributed by atoms with Crippen LogP contribution < -0.4 is 20.7 Å². The van der Waals surface area contributed by atoms with Crippen molar-refractivity contribution in [3.05, 3.63) is 57.6 Å². The number of anilines is 1. The first-order chi connectivity index (χ1) is 24.1. The van der Waals surface area contributed by atoms with Gasteiger partial charge in [0, 0.05) is 31.3 Å². The van der Waals surface area contributed by atoms with Crippen molar-refractivity contribution in [1.29, 1.82) is 0 Å². The van der Waals surface area contributed by atoms with Crippen LogP contribution in [0, 0.1) is 0 Å². The van der Waals surface area contributed by atoms with E-state index >= 15 is 0 Å². The number of halogens is 2. The van der Waals surface area contributed by atoms with Gasteiger partial charge in [0.15, 0.2) is 0 Å². The summed E-state index contributed by atoms with van der Waals surface area (Å²) in [5, 5.41) is 18.7. The molecule has 0 spiro atoms. The van der Waals surface area contributed by atoms with E-state index in [0.717, 1.165) is 41.2 Å². The first kappa shape index (κ1) is 39.8. The Balaban J connectivity index is 1.29. The van der Waals surface area contributed by atoms with Crippen molar-refractivity contribution in [2.75, 3.05) is 44.6 Å². The third-order valence-electron chi connectivity index (χ3n) is 6.89. The number of hydrogen-bond donors (Lipinski definition) is 3. The summed E-state index contributed by atoms with van der Waals surface area (Å²) < 4.78 is 17.8. The lowest BCUT2D eigenvalue weighted by Crippen LogP contribution is -2.37. The molecule has 0 fully saturated rings. The van der Waals surface area contributed by atoms with Crippen LogP contribution in [0.5, 0.6) is 5.75 Å². The van der Waals surface area contributed by atoms with Gasteiger partial charge < -0.3 is 30.2 Å². The maximum absolute atomic E-state index is 12.0. The normalized spacial score (nSPS) is 11.8. The van der Waals surface area contributed by atoms with Gasteiger partial charge in [-0.1, -0.05) is 29.3 Å². The number of amides is 2. The van der Waals surface area contributed by atoms with E-state index in [0.29, 0.717) is 65.8 Å². The zero-order valence-corrected chi connectivity index (χ0v) is 32.2. The topological polar surface area (TPSA) is 153 Å². The average molecular weight is 762 g/mol. The molecule has 0 saturated heterocycles. The minimum absolute atomic E-state index is 0.331. The van der Waals surface area contributed by atoms with Crippen molar-refractivity contribution < 1.29 is 23.8 Å². The Labute approximate surface area is 312 Å². The Morgan fingerprint density at radius 1 is 0.863 bits per heavy atom. The fraction of sp³-hybridized carbons (Fsp3) is 0.486. The molecule has 2 amide bonds. The summed E-state index contributed by atoms with van der Waals surface area (Å²) in [6.07, 6.45) is 2.09. The number of fused-ring (bicyclic) bond motifs is 1. The molecule has 0 aliphatic heterocycles. The van der Waals surface area contributed by atoms with E-state index in [1.165, 1.54) is 6.20 Å². The molecule has 4 aromatic rings. The van der Waals surface area contributed by atoms with E-state index < -0.39 is 23.4 Å². The Kier molecular flexibility index (Phi) is 14.4. The Bertz CT molecular complexity index is 1710. The molecular weight excluding hydrogens is 715 g/mol. The van der Waals surface area contributed by atoms with E-state index in [1.54, 1.807) is 29.5 Å². The Morgan fingerprint density at radius 2 is 1.49 bits per heavy atom. The fourth-order valence-corrected chi connectivity index (χ4v) is 6.24. The first-order valence-corrected chi connectivity index (χ1v) is 18.3. The minimum Gasteiger partial charge on any atom is -0.492 e. The number of rotatable bonds is 16. The van der Waals surface area contributed by atoms with Gasteiger partial charge in [0.05, 0.1) is 38.7 Å². The molecule has 0 radical (unpaired) electrons. The number of alkyl carbamates (subject to hydrolysis) is 2. The summed E-state index contributed by atoms with van der Waals surface area (Å²) in [6, 6.07) is 11.1. The predicted octanol–water partition coefficient (Wildman–Crippen LogP) is 7.58. The van der Waals surface area contributed by atoms with Crippen molar-refractivity contribution in [2.45, 2.75) is 72.1 Å². The van der Waals surface area contributed by atoms with E-state index in [9.17, 15) is 9.59 Å². The van der Waals surface area contributed by atoms with Gasteiger partial charge in [0.2, 0.25) is 5.95 Å². The monoisotopic (exact) mass is 760 g/mol. The van der Waals surface area contributed by atoms with E-state index in [4.69, 9.17) is 42.4 Å². The summed E-state index contributed by atoms with van der Waals surface area (Å²) in [7, 11) is 0. The van der Waals surface area contributed by atoms with Crippen LogP contribution >= 0.6 is 34.5 Å². The number of hydrogen-bond acceptors (Lipinski definition) is 12. The quantitative estimate of drug-likeness (QED) is 0.0969. The van der Waals surface area contributed by atoms with Crippen molar-refractivity contribution in [1.82, 2.24) is 35.7 Å². The molecule has 0 aliphatic rings. The number of carbonyl (C=O) groups is 2. The zero-order chi connectivity index (χ0) is 37.0. The minimum atomic E-state index is -0.554. The highest BCUT2D eigenvalue weighted by Gasteiger charge is 2.17. The number of carbonyl (C=O) groups excluding carboxylic acids is 2. The van der Waals surface area contributed by atoms with Crippen LogP contribution in [0.4, 0.5) is 15.5 Å². The molecule has 2 aromatic carbocycles. The van der Waals surface area contributed by atoms with Crippen molar-refractivity contribution in [2.24, 2.45) is 0 Å². The fourth-order valence-electron chi connectivity index (χ4n) is 4.76. The van der Waals surface area contributed by atoms with Gasteiger partial charge >= 0.3 is 12.2 Å². The average Bonchev–Trinajstić information content (AvgIpc) is 3.44. The molecule has 13 nitrogen and oxygen atoms in total. The van der Waals surface area contributed by atoms with Crippen molar-refractivity contribution >= 4 is 62.9 Å². The lowest BCUT2D eigenvalue weighted by Gasteiger charge is -2.24. The molecule has 276 valence electrons. The molecule has 0 atom stereocenters. The summed E-state index contributed by atoms with van der Waals surface area (Å²) >= 11 is 14.3. The third-order valence-corrected chi connectivity index (χ3v) is 8.56. The van der Waals surface area contributed by atoms with Crippen molar-refractivity contribution in [3.63, 3.8) is 0 Å². The van der Waals surface area contributed by atoms with Crippen LogP contribution in [0.1, 0.15) is 59.4 Å². The number of benzene rings is 2. The number of nitrogens with zero attached hydrogens (tertiary/aromatic N) is 5. The Hall–Kier alpha value is -3.98. The molecule has 3 N–H and O–H groups in total. The number of ether oxygens (including phenoxy) is 3. The maximum atomic E-state index is 12.0. The summed E-state index contributed by atoms with van der Waals surface area (Å²) in [5.74, 6) is 1.04. The van der Waals surface area contributed by atoms with Crippen LogP contribution in [0.25, 0.3) is 21.5 Å². The molecule has 2 heterocycles. The molecule has 51 heavy (non-hydrogen) atoms. The van der Waals surface area contributed by atoms with E-state index in [1.807, 2.05) is 59.7 Å². The standard InChI is InChI=1S/C35H46Cl2N8O5S/c1-34(2,3)49-32(46)38-14-8-16-45(17-9-15-39-33(47)50-35(4,5)6)18-19-48-23-12-13-28-26(20-23)42-29(51-28)22-40-31-43-27(21-41-44-31)30-24(36)10-7-11-25(30)37/h7,10-13,20-21H,8-9,14-19,22H2,1-6H3,(H,38,46)(H,39,47)(H,40,43,44). The van der Waals surface area contributed by atoms with E-state index in [-0.39, 0.29) is 0 Å². The first-order valence-electron chi connectivity index (χ1n) is 16.7. The van der Waals surface area contributed by atoms with Gasteiger partial charge in [-0.25, -0.2) is 19.6 Å². The highest BCUT2D eigenvalue weighted by molar-refractivity contribution is 7.18. The molecule has 0 bridgehead atoms. The molecular formula is C35H46Cl2N8O5S. The van der Waals surface area contributed by atoms with Gasteiger partial charge in [0.1, 0.15) is 28.6 Å². The van der Waals surface area contributed by atoms with Crippen LogP contribution in [-0.2, 0) is 16.0 Å². The molecule has 16 heteroatoms. The van der Waals surface area contributed by atoms with Gasteiger partial charge in [-0.2, -0.15) is 5.10 Å². The number of thiazole rings is 1. The second-order valence-electron chi connectivity index (χ2n) is 13.6. The summed E-state index contributed by atoms with van der Waals surface area (Å²) in [5.41, 5.74) is 0.829. The summed E-state index contributed by atoms with van der Waals surface area (Å²) in [6.45, 7) is 14.9. The second-order valence-corrected chi connectivity index (χ2v) is 15.5. The molecule has 2 aromatic heterocycles. The van der Waals surface area contributed by atoms with Gasteiger partial charge in [-0.15, -0.1) is 16.4 Å². The van der Waals surface area contributed by atoms with Crippen molar-refractivity contribution in [3.8, 4) is 17.0 Å². The van der Waals surface area contributed by atoms with Crippen LogP contribution in [0.2, 0.25) is 10.0 Å². The molecule has 0 saturated carbocycles. The predicted molar refractivity (Wildman–Crippen MR) is 202 cm³/mol. The molecule has 0 aliphatic carbocycles. The smallest absolute Gasteiger partial charge is 0.407 e. The van der Waals surface area contributed by atoms with Gasteiger partial charge in [-0.05, 0) is 91.7 Å². The van der Waals surface area contributed by atoms with Gasteiger partial charge in [-0.3, -0.25) is 4.90 Å². The van der Waals surface area contributed by atoms with Crippen LogP contribution in [0.3, 0.4) is 0 Å². The number of aromatic nitrogens is 4. The second kappa shape index (κ2) is 18.5.